The Morgan fingerprint density at radius 3 is 2.73 bits per heavy atom. The van der Waals surface area contributed by atoms with E-state index >= 15 is 0 Å². The van der Waals surface area contributed by atoms with Crippen LogP contribution in [0.25, 0.3) is 11.5 Å². The lowest BCUT2D eigenvalue weighted by atomic mass is 9.88. The van der Waals surface area contributed by atoms with Crippen LogP contribution in [0.3, 0.4) is 0 Å². The van der Waals surface area contributed by atoms with Gasteiger partial charge in [0.15, 0.2) is 0 Å². The molecule has 0 unspecified atom stereocenters. The predicted molar refractivity (Wildman–Crippen MR) is 90.6 cm³/mol. The van der Waals surface area contributed by atoms with Crippen molar-refractivity contribution in [1.82, 2.24) is 20.5 Å². The third-order valence-electron chi connectivity index (χ3n) is 5.01. The Morgan fingerprint density at radius 2 is 2.00 bits per heavy atom. The van der Waals surface area contributed by atoms with E-state index in [0.29, 0.717) is 37.4 Å². The van der Waals surface area contributed by atoms with Crippen LogP contribution in [0, 0.1) is 12.7 Å². The Labute approximate surface area is 149 Å². The highest BCUT2D eigenvalue weighted by Crippen LogP contribution is 2.30. The average Bonchev–Trinajstić information content (AvgIpc) is 3.09. The summed E-state index contributed by atoms with van der Waals surface area (Å²) in [5.41, 5.74) is -0.138. The highest BCUT2D eigenvalue weighted by Gasteiger charge is 2.51. The second kappa shape index (κ2) is 6.21. The largest absolute Gasteiger partial charge is 0.441 e. The lowest BCUT2D eigenvalue weighted by Gasteiger charge is -2.31. The third-order valence-corrected chi connectivity index (χ3v) is 5.01. The number of hydrogen-bond donors (Lipinski definition) is 2. The van der Waals surface area contributed by atoms with Gasteiger partial charge in [0.25, 0.3) is 5.91 Å². The molecule has 136 valence electrons. The number of nitrogens with one attached hydrogen (secondary N) is 2. The van der Waals surface area contributed by atoms with Crippen LogP contribution in [0.15, 0.2) is 28.7 Å². The summed E-state index contributed by atoms with van der Waals surface area (Å²) >= 11 is 0. The molecule has 8 heteroatoms. The highest BCUT2D eigenvalue weighted by atomic mass is 19.1. The number of hydrogen-bond acceptors (Lipinski definition) is 5. The monoisotopic (exact) mass is 358 g/mol. The molecule has 3 amide bonds. The van der Waals surface area contributed by atoms with Crippen molar-refractivity contribution in [1.29, 1.82) is 0 Å². The number of urea groups is 1. The summed E-state index contributed by atoms with van der Waals surface area (Å²) in [6, 6.07) is 5.75. The third kappa shape index (κ3) is 2.66. The van der Waals surface area contributed by atoms with Crippen molar-refractivity contribution >= 4 is 11.9 Å². The van der Waals surface area contributed by atoms with E-state index in [0.717, 1.165) is 0 Å². The fourth-order valence-electron chi connectivity index (χ4n) is 3.49. The van der Waals surface area contributed by atoms with Crippen LogP contribution in [0.4, 0.5) is 9.18 Å². The van der Waals surface area contributed by atoms with Gasteiger partial charge in [-0.05, 0) is 45.0 Å². The molecule has 0 saturated carbocycles. The van der Waals surface area contributed by atoms with Gasteiger partial charge in [-0.25, -0.2) is 14.2 Å². The first kappa shape index (κ1) is 16.7. The first-order valence-corrected chi connectivity index (χ1v) is 8.56. The van der Waals surface area contributed by atoms with Gasteiger partial charge in [-0.1, -0.05) is 12.1 Å². The van der Waals surface area contributed by atoms with Crippen molar-refractivity contribution in [3.05, 3.63) is 41.5 Å². The van der Waals surface area contributed by atoms with E-state index in [1.165, 1.54) is 11.0 Å². The normalized spacial score (nSPS) is 19.2. The summed E-state index contributed by atoms with van der Waals surface area (Å²) in [7, 11) is 0. The fraction of sp³-hybridized carbons (Fsp3) is 0.389. The number of amides is 3. The number of rotatable bonds is 3. The number of imide groups is 1. The molecule has 2 aliphatic rings. The predicted octanol–water partition coefficient (Wildman–Crippen LogP) is 1.96. The molecule has 0 bridgehead atoms. The molecule has 3 heterocycles. The van der Waals surface area contributed by atoms with Crippen LogP contribution in [0.2, 0.25) is 0 Å². The molecule has 2 aliphatic heterocycles. The Bertz CT molecular complexity index is 873. The summed E-state index contributed by atoms with van der Waals surface area (Å²) in [5.74, 6) is -0.0860. The van der Waals surface area contributed by atoms with Gasteiger partial charge in [-0.15, -0.1) is 0 Å². The van der Waals surface area contributed by atoms with Crippen LogP contribution in [-0.4, -0.2) is 40.5 Å². The SMILES string of the molecule is Cc1oc(-c2ccccc2F)nc1CN1C(=O)NC2(CCNCC2)C1=O. The fourth-order valence-corrected chi connectivity index (χ4v) is 3.49. The highest BCUT2D eigenvalue weighted by molar-refractivity contribution is 6.07. The van der Waals surface area contributed by atoms with E-state index in [9.17, 15) is 14.0 Å². The molecule has 2 saturated heterocycles. The molecule has 4 rings (SSSR count). The molecule has 2 fully saturated rings. The van der Waals surface area contributed by atoms with Gasteiger partial charge in [0.2, 0.25) is 5.89 Å². The first-order chi connectivity index (χ1) is 12.5. The lowest BCUT2D eigenvalue weighted by Crippen LogP contribution is -2.53. The summed E-state index contributed by atoms with van der Waals surface area (Å²) in [5, 5.41) is 6.02. The zero-order valence-electron chi connectivity index (χ0n) is 14.3. The van der Waals surface area contributed by atoms with E-state index < -0.39 is 17.4 Å². The molecule has 2 N–H and O–H groups in total. The van der Waals surface area contributed by atoms with Crippen molar-refractivity contribution in [3.8, 4) is 11.5 Å². The smallest absolute Gasteiger partial charge is 0.325 e. The van der Waals surface area contributed by atoms with E-state index in [2.05, 4.69) is 15.6 Å². The van der Waals surface area contributed by atoms with Crippen molar-refractivity contribution in [2.24, 2.45) is 0 Å². The minimum atomic E-state index is -0.825. The number of carbonyl (C=O) groups excluding carboxylic acids is 2. The topological polar surface area (TPSA) is 87.5 Å². The lowest BCUT2D eigenvalue weighted by molar-refractivity contribution is -0.132. The van der Waals surface area contributed by atoms with Crippen LogP contribution in [0.1, 0.15) is 24.3 Å². The second-order valence-electron chi connectivity index (χ2n) is 6.66. The van der Waals surface area contributed by atoms with Crippen molar-refractivity contribution in [2.45, 2.75) is 31.8 Å². The van der Waals surface area contributed by atoms with Crippen LogP contribution in [-0.2, 0) is 11.3 Å². The standard InChI is InChI=1S/C18H19FN4O3/c1-11-14(21-15(26-11)12-4-2-3-5-13(12)19)10-23-16(24)18(22-17(23)25)6-8-20-9-7-18/h2-5,20H,6-10H2,1H3,(H,22,25). The van der Waals surface area contributed by atoms with Gasteiger partial charge in [0.1, 0.15) is 22.8 Å². The average molecular weight is 358 g/mol. The number of nitrogens with zero attached hydrogens (tertiary/aromatic N) is 2. The second-order valence-corrected chi connectivity index (χ2v) is 6.66. The molecule has 7 nitrogen and oxygen atoms in total. The molecule has 0 radical (unpaired) electrons. The Kier molecular flexibility index (Phi) is 3.99. The van der Waals surface area contributed by atoms with E-state index in [1.54, 1.807) is 25.1 Å². The number of carbonyl (C=O) groups is 2. The molecule has 1 aromatic heterocycles. The van der Waals surface area contributed by atoms with Crippen molar-refractivity contribution in [2.75, 3.05) is 13.1 Å². The molecule has 0 aliphatic carbocycles. The van der Waals surface area contributed by atoms with Crippen molar-refractivity contribution < 1.29 is 18.4 Å². The molecule has 1 aromatic carbocycles. The van der Waals surface area contributed by atoms with Gasteiger partial charge < -0.3 is 15.1 Å². The molecule has 26 heavy (non-hydrogen) atoms. The Balaban J connectivity index is 1.59. The molecule has 1 spiro atoms. The minimum Gasteiger partial charge on any atom is -0.441 e. The maximum absolute atomic E-state index is 13.9. The van der Waals surface area contributed by atoms with Crippen LogP contribution < -0.4 is 10.6 Å². The first-order valence-electron chi connectivity index (χ1n) is 8.56. The number of aryl methyl sites for hydroxylation is 1. The molecule has 0 atom stereocenters. The summed E-state index contributed by atoms with van der Waals surface area (Å²) in [6.45, 7) is 3.05. The quantitative estimate of drug-likeness (QED) is 0.819. The van der Waals surface area contributed by atoms with Gasteiger partial charge in [0, 0.05) is 0 Å². The maximum atomic E-state index is 13.9. The van der Waals surface area contributed by atoms with Gasteiger partial charge in [-0.3, -0.25) is 9.69 Å². The number of piperidine rings is 1. The van der Waals surface area contributed by atoms with Crippen LogP contribution >= 0.6 is 0 Å². The van der Waals surface area contributed by atoms with Gasteiger partial charge >= 0.3 is 6.03 Å². The molecule has 2 aromatic rings. The van der Waals surface area contributed by atoms with Gasteiger partial charge in [0.05, 0.1) is 12.1 Å². The number of oxazole rings is 1. The summed E-state index contributed by atoms with van der Waals surface area (Å²) in [6.07, 6.45) is 1.12. The zero-order chi connectivity index (χ0) is 18.3. The van der Waals surface area contributed by atoms with Crippen LogP contribution in [0.5, 0.6) is 0 Å². The van der Waals surface area contributed by atoms with Crippen molar-refractivity contribution in [3.63, 3.8) is 0 Å². The van der Waals surface area contributed by atoms with E-state index in [4.69, 9.17) is 4.42 Å². The molecular weight excluding hydrogens is 339 g/mol. The zero-order valence-corrected chi connectivity index (χ0v) is 14.3. The number of aromatic nitrogens is 1. The Morgan fingerprint density at radius 1 is 1.27 bits per heavy atom. The minimum absolute atomic E-state index is 0.00360. The maximum Gasteiger partial charge on any atom is 0.325 e. The summed E-state index contributed by atoms with van der Waals surface area (Å²) < 4.78 is 19.5. The molecular formula is C18H19FN4O3. The van der Waals surface area contributed by atoms with E-state index in [-0.39, 0.29) is 23.9 Å². The van der Waals surface area contributed by atoms with Gasteiger partial charge in [-0.2, -0.15) is 0 Å². The number of halogens is 1. The summed E-state index contributed by atoms with van der Waals surface area (Å²) in [4.78, 5) is 30.7. The number of benzene rings is 1. The van der Waals surface area contributed by atoms with E-state index in [1.807, 2.05) is 0 Å². The Hall–Kier alpha value is -2.74.